The quantitative estimate of drug-likeness (QED) is 0.191. The van der Waals surface area contributed by atoms with E-state index in [4.69, 9.17) is 19.9 Å². The number of nitrogens with zero attached hydrogens (tertiary/aromatic N) is 4. The fourth-order valence-corrected chi connectivity index (χ4v) is 7.28. The van der Waals surface area contributed by atoms with Gasteiger partial charge in [-0.05, 0) is 29.1 Å². The number of para-hydroxylation sites is 1. The van der Waals surface area contributed by atoms with Gasteiger partial charge in [0, 0.05) is 43.7 Å². The van der Waals surface area contributed by atoms with Gasteiger partial charge in [0.25, 0.3) is 0 Å². The van der Waals surface area contributed by atoms with E-state index in [-0.39, 0.29) is 0 Å². The van der Waals surface area contributed by atoms with Crippen LogP contribution in [0.4, 0.5) is 0 Å². The van der Waals surface area contributed by atoms with Crippen molar-refractivity contribution in [2.24, 2.45) is 0 Å². The third-order valence-corrected chi connectivity index (χ3v) is 9.52. The van der Waals surface area contributed by atoms with Crippen molar-refractivity contribution in [3.63, 3.8) is 0 Å². The zero-order valence-electron chi connectivity index (χ0n) is 24.1. The van der Waals surface area contributed by atoms with Crippen molar-refractivity contribution in [3.05, 3.63) is 146 Å². The number of fused-ring (bicyclic) bond motifs is 6. The fourth-order valence-electron chi connectivity index (χ4n) is 6.13. The standard InChI is InChI=1S/C40H24N4S/c1-2-10-26(11-3-1)36-39-38(32-15-7-9-17-35(32)45-39)44-40(43-36)27-20-18-25(19-21-27)28-22-23-34(41-24-28)37-31-14-5-4-12-29(31)30-13-6-8-16-33(30)42-37/h1-24H. The molecule has 0 aliphatic heterocycles. The summed E-state index contributed by atoms with van der Waals surface area (Å²) in [6.45, 7) is 0. The first kappa shape index (κ1) is 25.7. The minimum absolute atomic E-state index is 0.721. The summed E-state index contributed by atoms with van der Waals surface area (Å²) in [6, 6.07) is 48.2. The third kappa shape index (κ3) is 4.36. The smallest absolute Gasteiger partial charge is 0.160 e. The summed E-state index contributed by atoms with van der Waals surface area (Å²) in [6.07, 6.45) is 1.93. The van der Waals surface area contributed by atoms with Crippen LogP contribution in [0.3, 0.4) is 0 Å². The van der Waals surface area contributed by atoms with Crippen LogP contribution in [0.2, 0.25) is 0 Å². The van der Waals surface area contributed by atoms with Crippen LogP contribution in [-0.2, 0) is 0 Å². The number of hydrogen-bond acceptors (Lipinski definition) is 5. The van der Waals surface area contributed by atoms with E-state index in [0.29, 0.717) is 0 Å². The highest BCUT2D eigenvalue weighted by Gasteiger charge is 2.17. The van der Waals surface area contributed by atoms with Crippen LogP contribution in [0.1, 0.15) is 0 Å². The van der Waals surface area contributed by atoms with Crippen molar-refractivity contribution < 1.29 is 0 Å². The molecule has 0 atom stereocenters. The van der Waals surface area contributed by atoms with Crippen molar-refractivity contribution >= 4 is 53.3 Å². The number of rotatable bonds is 4. The SMILES string of the molecule is c1ccc(-c2nc(-c3ccc(-c4ccc(-c5nc6ccccc6c6ccccc56)nc4)cc3)nc3c2sc2ccccc23)cc1. The van der Waals surface area contributed by atoms with Crippen LogP contribution in [0.5, 0.6) is 0 Å². The summed E-state index contributed by atoms with van der Waals surface area (Å²) in [7, 11) is 0. The molecule has 4 aromatic heterocycles. The Morgan fingerprint density at radius 2 is 1.09 bits per heavy atom. The molecule has 0 N–H and O–H groups in total. The second-order valence-electron chi connectivity index (χ2n) is 11.1. The lowest BCUT2D eigenvalue weighted by molar-refractivity contribution is 1.24. The van der Waals surface area contributed by atoms with Gasteiger partial charge in [-0.1, -0.05) is 121 Å². The van der Waals surface area contributed by atoms with Crippen molar-refractivity contribution in [2.75, 3.05) is 0 Å². The summed E-state index contributed by atoms with van der Waals surface area (Å²) in [5.41, 5.74) is 8.88. The molecule has 0 spiro atoms. The summed E-state index contributed by atoms with van der Waals surface area (Å²) in [4.78, 5) is 20.1. The lowest BCUT2D eigenvalue weighted by atomic mass is 10.0. The Bertz CT molecular complexity index is 2520. The lowest BCUT2D eigenvalue weighted by Crippen LogP contribution is -1.94. The lowest BCUT2D eigenvalue weighted by Gasteiger charge is -2.10. The zero-order chi connectivity index (χ0) is 29.7. The molecule has 9 aromatic rings. The Hall–Kier alpha value is -5.78. The summed E-state index contributed by atoms with van der Waals surface area (Å²) in [5.74, 6) is 0.721. The maximum atomic E-state index is 5.11. The summed E-state index contributed by atoms with van der Waals surface area (Å²) >= 11 is 1.75. The molecule has 4 heterocycles. The van der Waals surface area contributed by atoms with E-state index in [1.54, 1.807) is 11.3 Å². The number of benzene rings is 5. The highest BCUT2D eigenvalue weighted by molar-refractivity contribution is 7.26. The Morgan fingerprint density at radius 3 is 1.89 bits per heavy atom. The van der Waals surface area contributed by atoms with E-state index in [1.165, 1.54) is 10.1 Å². The second kappa shape index (κ2) is 10.4. The monoisotopic (exact) mass is 592 g/mol. The zero-order valence-corrected chi connectivity index (χ0v) is 24.9. The molecule has 9 rings (SSSR count). The van der Waals surface area contributed by atoms with Gasteiger partial charge in [-0.15, -0.1) is 11.3 Å². The van der Waals surface area contributed by atoms with Crippen LogP contribution >= 0.6 is 11.3 Å². The Balaban J connectivity index is 1.09. The summed E-state index contributed by atoms with van der Waals surface area (Å²) < 4.78 is 2.33. The van der Waals surface area contributed by atoms with Gasteiger partial charge in [-0.25, -0.2) is 15.0 Å². The maximum absolute atomic E-state index is 5.11. The molecule has 5 heteroatoms. The van der Waals surface area contributed by atoms with Crippen molar-refractivity contribution in [1.29, 1.82) is 0 Å². The molecule has 0 unspecified atom stereocenters. The van der Waals surface area contributed by atoms with E-state index in [9.17, 15) is 0 Å². The van der Waals surface area contributed by atoms with E-state index in [0.717, 1.165) is 77.1 Å². The topological polar surface area (TPSA) is 51.6 Å². The molecule has 0 bridgehead atoms. The number of aromatic nitrogens is 4. The molecule has 0 radical (unpaired) electrons. The molecule has 0 fully saturated rings. The van der Waals surface area contributed by atoms with Gasteiger partial charge in [0.15, 0.2) is 5.82 Å². The Morgan fingerprint density at radius 1 is 0.422 bits per heavy atom. The van der Waals surface area contributed by atoms with Crippen molar-refractivity contribution in [3.8, 4) is 45.2 Å². The normalized spacial score (nSPS) is 11.6. The molecular formula is C40H24N4S. The Labute approximate surface area is 263 Å². The molecule has 0 amide bonds. The molecule has 0 saturated carbocycles. The molecular weight excluding hydrogens is 569 g/mol. The van der Waals surface area contributed by atoms with E-state index < -0.39 is 0 Å². The average molecular weight is 593 g/mol. The average Bonchev–Trinajstić information content (AvgIpc) is 3.50. The molecule has 45 heavy (non-hydrogen) atoms. The first-order valence-electron chi connectivity index (χ1n) is 14.9. The van der Waals surface area contributed by atoms with Crippen LogP contribution in [0, 0.1) is 0 Å². The van der Waals surface area contributed by atoms with Gasteiger partial charge in [0.1, 0.15) is 0 Å². The highest BCUT2D eigenvalue weighted by Crippen LogP contribution is 2.39. The van der Waals surface area contributed by atoms with Crippen LogP contribution in [0.15, 0.2) is 146 Å². The minimum Gasteiger partial charge on any atom is -0.254 e. The first-order chi connectivity index (χ1) is 22.3. The molecule has 0 saturated heterocycles. The molecule has 210 valence electrons. The van der Waals surface area contributed by atoms with Crippen molar-refractivity contribution in [1.82, 2.24) is 19.9 Å². The van der Waals surface area contributed by atoms with E-state index in [1.807, 2.05) is 18.3 Å². The maximum Gasteiger partial charge on any atom is 0.160 e. The van der Waals surface area contributed by atoms with Crippen LogP contribution < -0.4 is 0 Å². The third-order valence-electron chi connectivity index (χ3n) is 8.36. The molecule has 4 nitrogen and oxygen atoms in total. The van der Waals surface area contributed by atoms with Gasteiger partial charge < -0.3 is 0 Å². The summed E-state index contributed by atoms with van der Waals surface area (Å²) in [5, 5.41) is 4.60. The molecule has 0 aliphatic carbocycles. The highest BCUT2D eigenvalue weighted by atomic mass is 32.1. The largest absolute Gasteiger partial charge is 0.254 e. The Kier molecular flexibility index (Phi) is 5.96. The van der Waals surface area contributed by atoms with Gasteiger partial charge in [-0.3, -0.25) is 4.98 Å². The molecule has 0 aliphatic rings. The molecule has 5 aromatic carbocycles. The fraction of sp³-hybridized carbons (Fsp3) is 0. The van der Waals surface area contributed by atoms with Gasteiger partial charge in [-0.2, -0.15) is 0 Å². The van der Waals surface area contributed by atoms with Crippen LogP contribution in [0.25, 0.3) is 87.1 Å². The van der Waals surface area contributed by atoms with Gasteiger partial charge >= 0.3 is 0 Å². The minimum atomic E-state index is 0.721. The predicted octanol–water partition coefficient (Wildman–Crippen LogP) is 10.6. The predicted molar refractivity (Wildman–Crippen MR) is 187 cm³/mol. The second-order valence-corrected chi connectivity index (χ2v) is 12.1. The first-order valence-corrected chi connectivity index (χ1v) is 15.7. The van der Waals surface area contributed by atoms with Crippen LogP contribution in [-0.4, -0.2) is 19.9 Å². The van der Waals surface area contributed by atoms with Crippen molar-refractivity contribution in [2.45, 2.75) is 0 Å². The number of pyridine rings is 2. The van der Waals surface area contributed by atoms with E-state index >= 15 is 0 Å². The van der Waals surface area contributed by atoms with Gasteiger partial charge in [0.2, 0.25) is 0 Å². The van der Waals surface area contributed by atoms with E-state index in [2.05, 4.69) is 127 Å². The number of thiophene rings is 1. The van der Waals surface area contributed by atoms with Gasteiger partial charge in [0.05, 0.1) is 32.8 Å². The number of hydrogen-bond donors (Lipinski definition) is 0.